The topological polar surface area (TPSA) is 74.8 Å². The first kappa shape index (κ1) is 17.1. The monoisotopic (exact) mass is 350 g/mol. The molecule has 0 radical (unpaired) electrons. The second-order valence-electron chi connectivity index (χ2n) is 6.38. The molecule has 2 amide bonds. The van der Waals surface area contributed by atoms with E-state index in [-0.39, 0.29) is 22.1 Å². The third-order valence-corrected chi connectivity index (χ3v) is 6.98. The van der Waals surface area contributed by atoms with Crippen LogP contribution in [0.2, 0.25) is 0 Å². The Bertz CT molecular complexity index is 782. The highest BCUT2D eigenvalue weighted by Crippen LogP contribution is 2.30. The number of hydrogen-bond donors (Lipinski definition) is 0. The van der Waals surface area contributed by atoms with Gasteiger partial charge in [-0.3, -0.25) is 14.5 Å². The predicted molar refractivity (Wildman–Crippen MR) is 89.3 cm³/mol. The Hall–Kier alpha value is -1.73. The summed E-state index contributed by atoms with van der Waals surface area (Å²) in [6.45, 7) is 2.23. The van der Waals surface area contributed by atoms with Gasteiger partial charge < -0.3 is 0 Å². The average Bonchev–Trinajstić information content (AvgIpc) is 2.80. The molecule has 0 unspecified atom stereocenters. The van der Waals surface area contributed by atoms with E-state index in [1.54, 1.807) is 4.31 Å². The van der Waals surface area contributed by atoms with Crippen molar-refractivity contribution in [3.05, 3.63) is 29.3 Å². The zero-order valence-corrected chi connectivity index (χ0v) is 14.8. The lowest BCUT2D eigenvalue weighted by Crippen LogP contribution is -2.41. The van der Waals surface area contributed by atoms with E-state index in [9.17, 15) is 18.0 Å². The van der Waals surface area contributed by atoms with E-state index in [1.165, 1.54) is 25.2 Å². The molecule has 2 aliphatic rings. The fourth-order valence-corrected chi connectivity index (χ4v) is 5.35. The zero-order chi connectivity index (χ0) is 17.5. The molecule has 1 aromatic carbocycles. The minimum atomic E-state index is -3.68. The standard InChI is InChI=1S/C17H22N2O4S/c1-3-19(12-7-5-4-6-8-12)24(22,23)13-9-10-14-15(11-13)17(21)18(2)16(14)20/h9-12H,3-8H2,1-2H3. The van der Waals surface area contributed by atoms with Crippen LogP contribution in [0.25, 0.3) is 0 Å². The summed E-state index contributed by atoms with van der Waals surface area (Å²) in [6.07, 6.45) is 4.98. The lowest BCUT2D eigenvalue weighted by Gasteiger charge is -2.32. The van der Waals surface area contributed by atoms with Gasteiger partial charge in [-0.25, -0.2) is 8.42 Å². The Morgan fingerprint density at radius 1 is 1.08 bits per heavy atom. The van der Waals surface area contributed by atoms with Crippen molar-refractivity contribution in [2.75, 3.05) is 13.6 Å². The van der Waals surface area contributed by atoms with Crippen LogP contribution in [0.1, 0.15) is 59.7 Å². The highest BCUT2D eigenvalue weighted by Gasteiger charge is 2.36. The van der Waals surface area contributed by atoms with Crippen molar-refractivity contribution in [1.82, 2.24) is 9.21 Å². The lowest BCUT2D eigenvalue weighted by atomic mass is 9.95. The van der Waals surface area contributed by atoms with Crippen LogP contribution in [0.15, 0.2) is 23.1 Å². The van der Waals surface area contributed by atoms with Gasteiger partial charge >= 0.3 is 0 Å². The summed E-state index contributed by atoms with van der Waals surface area (Å²) in [5.41, 5.74) is 0.436. The maximum Gasteiger partial charge on any atom is 0.261 e. The summed E-state index contributed by atoms with van der Waals surface area (Å²) in [6, 6.07) is 4.24. The Morgan fingerprint density at radius 2 is 1.71 bits per heavy atom. The number of hydrogen-bond acceptors (Lipinski definition) is 4. The number of amides is 2. The number of nitrogens with zero attached hydrogens (tertiary/aromatic N) is 2. The van der Waals surface area contributed by atoms with Crippen LogP contribution < -0.4 is 0 Å². The molecule has 0 spiro atoms. The highest BCUT2D eigenvalue weighted by molar-refractivity contribution is 7.89. The summed E-state index contributed by atoms with van der Waals surface area (Å²) in [5, 5.41) is 0. The van der Waals surface area contributed by atoms with Crippen molar-refractivity contribution >= 4 is 21.8 Å². The molecule has 0 N–H and O–H groups in total. The molecular weight excluding hydrogens is 328 g/mol. The highest BCUT2D eigenvalue weighted by atomic mass is 32.2. The normalized spacial score (nSPS) is 19.2. The van der Waals surface area contributed by atoms with Gasteiger partial charge in [0, 0.05) is 19.6 Å². The van der Waals surface area contributed by atoms with Crippen LogP contribution >= 0.6 is 0 Å². The van der Waals surface area contributed by atoms with Crippen molar-refractivity contribution < 1.29 is 18.0 Å². The van der Waals surface area contributed by atoms with Gasteiger partial charge in [0.2, 0.25) is 10.0 Å². The smallest absolute Gasteiger partial charge is 0.261 e. The molecule has 0 aromatic heterocycles. The van der Waals surface area contributed by atoms with Crippen LogP contribution in [0.4, 0.5) is 0 Å². The maximum atomic E-state index is 13.0. The van der Waals surface area contributed by atoms with Crippen LogP contribution in [0.5, 0.6) is 0 Å². The molecular formula is C17H22N2O4S. The second kappa shape index (κ2) is 6.29. The summed E-state index contributed by atoms with van der Waals surface area (Å²) in [4.78, 5) is 25.2. The molecule has 3 rings (SSSR count). The van der Waals surface area contributed by atoms with E-state index in [4.69, 9.17) is 0 Å². The molecule has 24 heavy (non-hydrogen) atoms. The Kier molecular flexibility index (Phi) is 4.48. The van der Waals surface area contributed by atoms with Crippen molar-refractivity contribution in [2.24, 2.45) is 0 Å². The first-order valence-electron chi connectivity index (χ1n) is 8.36. The van der Waals surface area contributed by atoms with Crippen LogP contribution in [0.3, 0.4) is 0 Å². The fraction of sp³-hybridized carbons (Fsp3) is 0.529. The van der Waals surface area contributed by atoms with E-state index in [1.807, 2.05) is 6.92 Å². The van der Waals surface area contributed by atoms with Gasteiger partial charge in [0.25, 0.3) is 11.8 Å². The van der Waals surface area contributed by atoms with Crippen molar-refractivity contribution in [2.45, 2.75) is 50.0 Å². The van der Waals surface area contributed by atoms with Gasteiger partial charge in [0.15, 0.2) is 0 Å². The minimum absolute atomic E-state index is 0.0158. The SMILES string of the molecule is CCN(C1CCCCC1)S(=O)(=O)c1ccc2c(c1)C(=O)N(C)C2=O. The van der Waals surface area contributed by atoms with Crippen LogP contribution in [-0.2, 0) is 10.0 Å². The zero-order valence-electron chi connectivity index (χ0n) is 14.0. The molecule has 1 aliphatic carbocycles. The van der Waals surface area contributed by atoms with Crippen LogP contribution in [-0.4, -0.2) is 49.1 Å². The van der Waals surface area contributed by atoms with Gasteiger partial charge in [-0.15, -0.1) is 0 Å². The predicted octanol–water partition coefficient (Wildman–Crippen LogP) is 2.26. The largest absolute Gasteiger partial charge is 0.277 e. The molecule has 130 valence electrons. The van der Waals surface area contributed by atoms with Crippen molar-refractivity contribution in [3.8, 4) is 0 Å². The molecule has 1 aromatic rings. The molecule has 0 atom stereocenters. The molecule has 0 saturated heterocycles. The number of carbonyl (C=O) groups excluding carboxylic acids is 2. The lowest BCUT2D eigenvalue weighted by molar-refractivity contribution is 0.0693. The Balaban J connectivity index is 1.98. The molecule has 1 saturated carbocycles. The van der Waals surface area contributed by atoms with E-state index < -0.39 is 21.8 Å². The number of rotatable bonds is 4. The number of carbonyl (C=O) groups is 2. The number of benzene rings is 1. The van der Waals surface area contributed by atoms with Gasteiger partial charge in [-0.1, -0.05) is 26.2 Å². The van der Waals surface area contributed by atoms with Crippen molar-refractivity contribution in [1.29, 1.82) is 0 Å². The first-order valence-corrected chi connectivity index (χ1v) is 9.80. The van der Waals surface area contributed by atoms with Gasteiger partial charge in [0.05, 0.1) is 16.0 Å². The summed E-state index contributed by atoms with van der Waals surface area (Å²) in [5.74, 6) is -0.841. The van der Waals surface area contributed by atoms with Crippen LogP contribution in [0, 0.1) is 0 Å². The summed E-state index contributed by atoms with van der Waals surface area (Å²) >= 11 is 0. The molecule has 1 aliphatic heterocycles. The minimum Gasteiger partial charge on any atom is -0.277 e. The quantitative estimate of drug-likeness (QED) is 0.781. The van der Waals surface area contributed by atoms with Gasteiger partial charge in [0.1, 0.15) is 0 Å². The van der Waals surface area contributed by atoms with Gasteiger partial charge in [-0.2, -0.15) is 4.31 Å². The number of imide groups is 1. The second-order valence-corrected chi connectivity index (χ2v) is 8.27. The number of fused-ring (bicyclic) bond motifs is 1. The summed E-state index contributed by atoms with van der Waals surface area (Å²) < 4.78 is 27.6. The fourth-order valence-electron chi connectivity index (χ4n) is 3.63. The first-order chi connectivity index (χ1) is 11.4. The van der Waals surface area contributed by atoms with E-state index >= 15 is 0 Å². The molecule has 1 heterocycles. The molecule has 1 fully saturated rings. The maximum absolute atomic E-state index is 13.0. The van der Waals surface area contributed by atoms with Gasteiger partial charge in [-0.05, 0) is 31.0 Å². The number of sulfonamides is 1. The van der Waals surface area contributed by atoms with E-state index in [2.05, 4.69) is 0 Å². The Labute approximate surface area is 142 Å². The summed E-state index contributed by atoms with van der Waals surface area (Å²) in [7, 11) is -2.28. The third kappa shape index (κ3) is 2.65. The Morgan fingerprint density at radius 3 is 2.33 bits per heavy atom. The molecule has 6 nitrogen and oxygen atoms in total. The third-order valence-electron chi connectivity index (χ3n) is 4.96. The van der Waals surface area contributed by atoms with E-state index in [0.29, 0.717) is 6.54 Å². The molecule has 7 heteroatoms. The van der Waals surface area contributed by atoms with Crippen molar-refractivity contribution in [3.63, 3.8) is 0 Å². The van der Waals surface area contributed by atoms with E-state index in [0.717, 1.165) is 37.0 Å². The molecule has 0 bridgehead atoms. The average molecular weight is 350 g/mol.